The average molecular weight is 495 g/mol. The third-order valence-corrected chi connectivity index (χ3v) is 6.92. The second-order valence-electron chi connectivity index (χ2n) is 9.64. The van der Waals surface area contributed by atoms with Crippen LogP contribution in [0.25, 0.3) is 0 Å². The summed E-state index contributed by atoms with van der Waals surface area (Å²) in [4.78, 5) is 14.8. The molecule has 0 N–H and O–H groups in total. The molecule has 0 bridgehead atoms. The van der Waals surface area contributed by atoms with Crippen molar-refractivity contribution in [2.45, 2.75) is 50.6 Å². The Morgan fingerprint density at radius 1 is 1.24 bits per heavy atom. The van der Waals surface area contributed by atoms with Crippen LogP contribution in [0, 0.1) is 28.4 Å². The van der Waals surface area contributed by atoms with Gasteiger partial charge in [-0.2, -0.15) is 5.26 Å². The normalized spacial score (nSPS) is 25.6. The van der Waals surface area contributed by atoms with E-state index in [9.17, 15) is 10.1 Å². The summed E-state index contributed by atoms with van der Waals surface area (Å²) in [5.41, 5.74) is -1.84. The molecule has 4 atom stereocenters. The van der Waals surface area contributed by atoms with Crippen LogP contribution in [0.1, 0.15) is 44.2 Å². The van der Waals surface area contributed by atoms with Gasteiger partial charge in [0.05, 0.1) is 18.2 Å². The zero-order valence-electron chi connectivity index (χ0n) is 19.1. The predicted octanol–water partition coefficient (Wildman–Crippen LogP) is 6.11. The first-order valence-electron chi connectivity index (χ1n) is 10.5. The van der Waals surface area contributed by atoms with Crippen LogP contribution in [0.3, 0.4) is 0 Å². The molecule has 8 heteroatoms. The Balaban J connectivity index is 2.45. The minimum Gasteiger partial charge on any atom is -0.468 e. The fourth-order valence-electron chi connectivity index (χ4n) is 5.07. The molecule has 0 radical (unpaired) electrons. The molecule has 0 amide bonds. The van der Waals surface area contributed by atoms with Crippen LogP contribution in [-0.2, 0) is 14.9 Å². The highest BCUT2D eigenvalue weighted by Gasteiger charge is 2.64. The largest absolute Gasteiger partial charge is 0.468 e. The molecule has 1 aliphatic heterocycles. The summed E-state index contributed by atoms with van der Waals surface area (Å²) in [6, 6.07) is 9.09. The Morgan fingerprint density at radius 3 is 2.45 bits per heavy atom. The molecule has 1 saturated heterocycles. The average Bonchev–Trinajstić information content (AvgIpc) is 2.97. The first-order valence-corrected chi connectivity index (χ1v) is 11.2. The number of carbonyl (C=O) groups is 1. The van der Waals surface area contributed by atoms with Crippen LogP contribution in [0.15, 0.2) is 36.4 Å². The number of carbonyl (C=O) groups excluding carboxylic acids is 1. The van der Waals surface area contributed by atoms with E-state index >= 15 is 8.78 Å². The zero-order valence-corrected chi connectivity index (χ0v) is 20.6. The Morgan fingerprint density at radius 2 is 1.91 bits per heavy atom. The van der Waals surface area contributed by atoms with Crippen LogP contribution in [0.5, 0.6) is 0 Å². The van der Waals surface area contributed by atoms with Gasteiger partial charge in [-0.15, -0.1) is 0 Å². The number of nitrogens with zero attached hydrogens (tertiary/aromatic N) is 2. The summed E-state index contributed by atoms with van der Waals surface area (Å²) < 4.78 is 35.9. The molecular weight excluding hydrogens is 469 g/mol. The standard InChI is InChI=1S/C25H26Cl2F2N2O2/c1-24(2,3)12-19-25(13-30,16-10-9-14(26)11-18(16)28)20(22(31(19)4)23(32)33-5)15-7-6-8-17(27)21(15)29/h6-11,19-20,22H,12H2,1-5H3/t19-,20-,22+,25-/m0/s1. The van der Waals surface area contributed by atoms with Crippen molar-refractivity contribution in [3.8, 4) is 6.07 Å². The fraction of sp³-hybridized carbons (Fsp3) is 0.440. The van der Waals surface area contributed by atoms with Gasteiger partial charge in [-0.1, -0.05) is 62.2 Å². The van der Waals surface area contributed by atoms with Gasteiger partial charge in [0.2, 0.25) is 0 Å². The molecule has 0 aliphatic carbocycles. The van der Waals surface area contributed by atoms with Crippen LogP contribution in [0.2, 0.25) is 10.0 Å². The van der Waals surface area contributed by atoms with E-state index < -0.39 is 41.0 Å². The van der Waals surface area contributed by atoms with Crippen LogP contribution in [0.4, 0.5) is 8.78 Å². The number of likely N-dealkylation sites (N-methyl/N-ethyl adjacent to an activating group) is 1. The highest BCUT2D eigenvalue weighted by Crippen LogP contribution is 2.56. The molecule has 4 nitrogen and oxygen atoms in total. The van der Waals surface area contributed by atoms with E-state index in [4.69, 9.17) is 27.9 Å². The quantitative estimate of drug-likeness (QED) is 0.481. The van der Waals surface area contributed by atoms with Gasteiger partial charge in [0.25, 0.3) is 0 Å². The molecule has 33 heavy (non-hydrogen) atoms. The van der Waals surface area contributed by atoms with E-state index in [1.54, 1.807) is 18.0 Å². The fourth-order valence-corrected chi connectivity index (χ4v) is 5.41. The molecule has 0 spiro atoms. The topological polar surface area (TPSA) is 53.3 Å². The van der Waals surface area contributed by atoms with Crippen LogP contribution < -0.4 is 0 Å². The summed E-state index contributed by atoms with van der Waals surface area (Å²) >= 11 is 12.1. The van der Waals surface area contributed by atoms with E-state index in [1.165, 1.54) is 31.4 Å². The first-order chi connectivity index (χ1) is 15.4. The molecule has 1 aliphatic rings. The van der Waals surface area contributed by atoms with E-state index in [0.717, 1.165) is 6.07 Å². The molecule has 0 saturated carbocycles. The maximum absolute atomic E-state index is 15.5. The SMILES string of the molecule is COC(=O)[C@H]1[C@H](c2cccc(Cl)c2F)[C@@](C#N)(c2ccc(Cl)cc2F)[C@H](CC(C)(C)C)N1C. The van der Waals surface area contributed by atoms with Gasteiger partial charge >= 0.3 is 5.97 Å². The first kappa shape index (κ1) is 25.4. The van der Waals surface area contributed by atoms with Crippen molar-refractivity contribution in [2.24, 2.45) is 5.41 Å². The molecule has 0 unspecified atom stereocenters. The lowest BCUT2D eigenvalue weighted by molar-refractivity contribution is -0.146. The van der Waals surface area contributed by atoms with Crippen molar-refractivity contribution >= 4 is 29.2 Å². The molecule has 0 aromatic heterocycles. The monoisotopic (exact) mass is 494 g/mol. The van der Waals surface area contributed by atoms with Gasteiger partial charge in [-0.05, 0) is 42.6 Å². The van der Waals surface area contributed by atoms with E-state index in [2.05, 4.69) is 6.07 Å². The Bertz CT molecular complexity index is 1110. The maximum atomic E-state index is 15.5. The number of esters is 1. The highest BCUT2D eigenvalue weighted by molar-refractivity contribution is 6.31. The number of likely N-dealkylation sites (tertiary alicyclic amines) is 1. The predicted molar refractivity (Wildman–Crippen MR) is 124 cm³/mol. The summed E-state index contributed by atoms with van der Waals surface area (Å²) in [7, 11) is 2.91. The minimum atomic E-state index is -1.64. The van der Waals surface area contributed by atoms with Gasteiger partial charge in [0.15, 0.2) is 0 Å². The Hall–Kier alpha value is -2.20. The number of methoxy groups -OCH3 is 1. The maximum Gasteiger partial charge on any atom is 0.323 e. The molecule has 2 aromatic rings. The molecule has 176 valence electrons. The molecule has 2 aromatic carbocycles. The summed E-state index contributed by atoms with van der Waals surface area (Å²) in [6.07, 6.45) is 0.422. The number of rotatable bonds is 4. The number of hydrogen-bond donors (Lipinski definition) is 0. The highest BCUT2D eigenvalue weighted by atomic mass is 35.5. The number of ether oxygens (including phenoxy) is 1. The van der Waals surface area contributed by atoms with Crippen LogP contribution >= 0.6 is 23.2 Å². The summed E-state index contributed by atoms with van der Waals surface area (Å²) in [6.45, 7) is 5.96. The van der Waals surface area contributed by atoms with Crippen LogP contribution in [-0.4, -0.2) is 37.1 Å². The molecule has 1 heterocycles. The zero-order chi connectivity index (χ0) is 24.7. The smallest absolute Gasteiger partial charge is 0.323 e. The number of nitriles is 1. The Kier molecular flexibility index (Phi) is 7.10. The minimum absolute atomic E-state index is 0.0475. The lowest BCUT2D eigenvalue weighted by Crippen LogP contribution is -2.45. The lowest BCUT2D eigenvalue weighted by Gasteiger charge is -2.38. The van der Waals surface area contributed by atoms with Crippen molar-refractivity contribution in [1.82, 2.24) is 4.90 Å². The molecular formula is C25H26Cl2F2N2O2. The van der Waals surface area contributed by atoms with E-state index in [0.29, 0.717) is 6.42 Å². The third kappa shape index (κ3) is 4.35. The van der Waals surface area contributed by atoms with Crippen molar-refractivity contribution in [1.29, 1.82) is 5.26 Å². The third-order valence-electron chi connectivity index (χ3n) is 6.39. The molecule has 3 rings (SSSR count). The van der Waals surface area contributed by atoms with Gasteiger partial charge in [0, 0.05) is 22.5 Å². The van der Waals surface area contributed by atoms with Crippen molar-refractivity contribution in [3.63, 3.8) is 0 Å². The molecule has 1 fully saturated rings. The lowest BCUT2D eigenvalue weighted by atomic mass is 9.62. The second kappa shape index (κ2) is 9.21. The van der Waals surface area contributed by atoms with Crippen molar-refractivity contribution in [3.05, 3.63) is 69.2 Å². The second-order valence-corrected chi connectivity index (χ2v) is 10.5. The van der Waals surface area contributed by atoms with Gasteiger partial charge in [-0.3, -0.25) is 9.69 Å². The summed E-state index contributed by atoms with van der Waals surface area (Å²) in [5, 5.41) is 10.7. The van der Waals surface area contributed by atoms with Gasteiger partial charge in [0.1, 0.15) is 23.1 Å². The van der Waals surface area contributed by atoms with E-state index in [1.807, 2.05) is 20.8 Å². The van der Waals surface area contributed by atoms with Crippen molar-refractivity contribution < 1.29 is 18.3 Å². The van der Waals surface area contributed by atoms with Crippen molar-refractivity contribution in [2.75, 3.05) is 14.2 Å². The Labute approximate surface area is 203 Å². The number of halogens is 4. The number of hydrogen-bond acceptors (Lipinski definition) is 4. The van der Waals surface area contributed by atoms with Gasteiger partial charge in [-0.25, -0.2) is 8.78 Å². The van der Waals surface area contributed by atoms with E-state index in [-0.39, 0.29) is 26.6 Å². The number of benzene rings is 2. The van der Waals surface area contributed by atoms with Gasteiger partial charge < -0.3 is 4.74 Å². The summed E-state index contributed by atoms with van der Waals surface area (Å²) in [5.74, 6) is -3.19.